The maximum Gasteiger partial charge on any atom is 0.266 e. The number of rotatable bonds is 9. The minimum atomic E-state index is -2.80. The van der Waals surface area contributed by atoms with Crippen LogP contribution in [0.15, 0.2) is 58.3 Å². The molecule has 8 rings (SSSR count). The highest BCUT2D eigenvalue weighted by molar-refractivity contribution is 8.76. The molecule has 0 unspecified atom stereocenters. The zero-order valence-corrected chi connectivity index (χ0v) is 33.6. The van der Waals surface area contributed by atoms with Crippen molar-refractivity contribution >= 4 is 55.6 Å². The number of hydrogen-bond donors (Lipinski definition) is 0. The SMILES string of the molecule is CC(C)(C)c1nc(N2CCC(F)(F)C2)c2nnn(Cc3ccccc3SSc3ccccc3Cn3nnc4c(N5CCC(F)(F)C5)nc(C(C)(C)C)nc43)c2n1. The Hall–Kier alpha value is -4.58. The minimum Gasteiger partial charge on any atom is -0.348 e. The second kappa shape index (κ2) is 14.1. The lowest BCUT2D eigenvalue weighted by Gasteiger charge is -2.22. The molecule has 2 aliphatic heterocycles. The Bertz CT molecular complexity index is 2250. The van der Waals surface area contributed by atoms with E-state index < -0.39 is 35.8 Å². The van der Waals surface area contributed by atoms with E-state index in [1.54, 1.807) is 40.8 Å². The van der Waals surface area contributed by atoms with Gasteiger partial charge >= 0.3 is 0 Å². The summed E-state index contributed by atoms with van der Waals surface area (Å²) in [4.78, 5) is 24.3. The second-order valence-electron chi connectivity index (χ2n) is 16.5. The van der Waals surface area contributed by atoms with Gasteiger partial charge in [0.1, 0.15) is 11.6 Å². The first-order chi connectivity index (χ1) is 26.4. The van der Waals surface area contributed by atoms with Crippen LogP contribution in [-0.2, 0) is 23.9 Å². The van der Waals surface area contributed by atoms with E-state index in [1.165, 1.54) is 0 Å². The third kappa shape index (κ3) is 7.73. The fourth-order valence-electron chi connectivity index (χ4n) is 6.69. The summed E-state index contributed by atoms with van der Waals surface area (Å²) >= 11 is 0. The zero-order valence-electron chi connectivity index (χ0n) is 32.0. The van der Waals surface area contributed by atoms with Gasteiger partial charge in [-0.25, -0.2) is 46.9 Å². The number of alkyl halides is 4. The van der Waals surface area contributed by atoms with Crippen molar-refractivity contribution in [1.29, 1.82) is 0 Å². The molecule has 2 fully saturated rings. The monoisotopic (exact) mass is 806 g/mol. The lowest BCUT2D eigenvalue weighted by atomic mass is 9.95. The maximum atomic E-state index is 14.3. The summed E-state index contributed by atoms with van der Waals surface area (Å²) in [6.07, 6.45) is -0.484. The van der Waals surface area contributed by atoms with E-state index in [9.17, 15) is 17.6 Å². The first kappa shape index (κ1) is 38.3. The van der Waals surface area contributed by atoms with Gasteiger partial charge in [0, 0.05) is 46.6 Å². The highest BCUT2D eigenvalue weighted by Crippen LogP contribution is 2.42. The second-order valence-corrected chi connectivity index (χ2v) is 18.7. The highest BCUT2D eigenvalue weighted by atomic mass is 33.1. The number of benzene rings is 2. The molecule has 18 heteroatoms. The Morgan fingerprint density at radius 2 is 0.982 bits per heavy atom. The molecule has 0 radical (unpaired) electrons. The van der Waals surface area contributed by atoms with Crippen LogP contribution in [0.1, 0.15) is 77.2 Å². The molecular formula is C38H42F4N12S2. The maximum absolute atomic E-state index is 14.3. The van der Waals surface area contributed by atoms with Crippen LogP contribution in [0.5, 0.6) is 0 Å². The molecule has 12 nitrogen and oxygen atoms in total. The molecule has 0 atom stereocenters. The molecule has 2 aromatic carbocycles. The van der Waals surface area contributed by atoms with Crippen LogP contribution in [0.4, 0.5) is 29.2 Å². The molecule has 4 aromatic heterocycles. The summed E-state index contributed by atoms with van der Waals surface area (Å²) in [5, 5.41) is 17.7. The van der Waals surface area contributed by atoms with Crippen molar-refractivity contribution in [3.63, 3.8) is 0 Å². The van der Waals surface area contributed by atoms with E-state index in [1.807, 2.05) is 90.1 Å². The van der Waals surface area contributed by atoms with Crippen LogP contribution < -0.4 is 9.80 Å². The Morgan fingerprint density at radius 3 is 1.34 bits per heavy atom. The van der Waals surface area contributed by atoms with Crippen molar-refractivity contribution in [1.82, 2.24) is 49.9 Å². The molecule has 0 amide bonds. The van der Waals surface area contributed by atoms with E-state index in [0.717, 1.165) is 20.9 Å². The lowest BCUT2D eigenvalue weighted by Crippen LogP contribution is -2.27. The van der Waals surface area contributed by atoms with Gasteiger partial charge in [0.15, 0.2) is 34.0 Å². The normalized spacial score (nSPS) is 17.2. The van der Waals surface area contributed by atoms with Gasteiger partial charge in [-0.15, -0.1) is 10.2 Å². The Morgan fingerprint density at radius 1 is 0.589 bits per heavy atom. The van der Waals surface area contributed by atoms with Crippen LogP contribution in [0, 0.1) is 0 Å². The fraction of sp³-hybridized carbons (Fsp3) is 0.474. The fourth-order valence-corrected chi connectivity index (χ4v) is 9.13. The third-order valence-corrected chi connectivity index (χ3v) is 12.3. The van der Waals surface area contributed by atoms with Crippen molar-refractivity contribution in [2.75, 3.05) is 36.0 Å². The van der Waals surface area contributed by atoms with Gasteiger partial charge in [-0.3, -0.25) is 0 Å². The van der Waals surface area contributed by atoms with E-state index in [4.69, 9.17) is 19.9 Å². The number of nitrogens with zero attached hydrogens (tertiary/aromatic N) is 12. The van der Waals surface area contributed by atoms with E-state index in [0.29, 0.717) is 58.7 Å². The standard InChI is InChI=1S/C38H42F4N12S2/c1-35(2,3)33-43-29(51-17-15-37(39,40)21-51)27-31(45-33)53(49-47-27)19-23-11-7-9-13-25(23)55-56-26-14-10-8-12-24(26)20-54-32-28(48-50-54)30(44-34(46-32)36(4,5)6)52-18-16-38(41,42)22-52/h7-14H,15-22H2,1-6H3. The Labute approximate surface area is 329 Å². The van der Waals surface area contributed by atoms with Gasteiger partial charge in [-0.05, 0) is 23.3 Å². The van der Waals surface area contributed by atoms with Gasteiger partial charge in [-0.1, -0.05) is 110 Å². The van der Waals surface area contributed by atoms with Gasteiger partial charge in [0.05, 0.1) is 26.2 Å². The topological polar surface area (TPSA) is 119 Å². The van der Waals surface area contributed by atoms with Gasteiger partial charge < -0.3 is 9.80 Å². The average Bonchev–Trinajstić information content (AvgIpc) is 3.92. The van der Waals surface area contributed by atoms with Crippen LogP contribution >= 0.6 is 21.6 Å². The van der Waals surface area contributed by atoms with Gasteiger partial charge in [0.2, 0.25) is 0 Å². The Kier molecular flexibility index (Phi) is 9.65. The number of aromatic nitrogens is 10. The molecule has 56 heavy (non-hydrogen) atoms. The number of hydrogen-bond acceptors (Lipinski definition) is 12. The molecule has 0 aliphatic carbocycles. The minimum absolute atomic E-state index is 0.174. The number of halogens is 4. The summed E-state index contributed by atoms with van der Waals surface area (Å²) in [5.74, 6) is -3.77. The summed E-state index contributed by atoms with van der Waals surface area (Å²) in [6.45, 7) is 12.1. The lowest BCUT2D eigenvalue weighted by molar-refractivity contribution is 0.0250. The van der Waals surface area contributed by atoms with Crippen LogP contribution in [0.3, 0.4) is 0 Å². The predicted octanol–water partition coefficient (Wildman–Crippen LogP) is 7.94. The molecule has 2 saturated heterocycles. The largest absolute Gasteiger partial charge is 0.348 e. The van der Waals surface area contributed by atoms with Crippen molar-refractivity contribution in [3.05, 3.63) is 71.3 Å². The summed E-state index contributed by atoms with van der Waals surface area (Å²) in [5.41, 5.74) is 2.87. The highest BCUT2D eigenvalue weighted by Gasteiger charge is 2.41. The molecule has 6 heterocycles. The molecular weight excluding hydrogens is 765 g/mol. The number of fused-ring (bicyclic) bond motifs is 2. The molecule has 0 N–H and O–H groups in total. The molecule has 0 bridgehead atoms. The summed E-state index contributed by atoms with van der Waals surface area (Å²) < 4.78 is 60.6. The quantitative estimate of drug-likeness (QED) is 0.104. The average molecular weight is 807 g/mol. The molecule has 2 aliphatic rings. The van der Waals surface area contributed by atoms with Crippen molar-refractivity contribution in [3.8, 4) is 0 Å². The predicted molar refractivity (Wildman–Crippen MR) is 210 cm³/mol. The first-order valence-electron chi connectivity index (χ1n) is 18.4. The van der Waals surface area contributed by atoms with E-state index in [2.05, 4.69) is 20.6 Å². The third-order valence-electron chi connectivity index (χ3n) is 9.78. The van der Waals surface area contributed by atoms with Gasteiger partial charge in [-0.2, -0.15) is 0 Å². The van der Waals surface area contributed by atoms with Crippen molar-refractivity contribution in [2.45, 2.75) is 99.9 Å². The van der Waals surface area contributed by atoms with Crippen LogP contribution in [-0.4, -0.2) is 87.9 Å². The molecule has 294 valence electrons. The van der Waals surface area contributed by atoms with Crippen molar-refractivity contribution in [2.24, 2.45) is 0 Å². The van der Waals surface area contributed by atoms with E-state index in [-0.39, 0.29) is 25.9 Å². The summed E-state index contributed by atoms with van der Waals surface area (Å²) in [6, 6.07) is 16.0. The van der Waals surface area contributed by atoms with E-state index >= 15 is 0 Å². The molecule has 0 saturated carbocycles. The van der Waals surface area contributed by atoms with Gasteiger partial charge in [0.25, 0.3) is 11.8 Å². The summed E-state index contributed by atoms with van der Waals surface area (Å²) in [7, 11) is 3.19. The zero-order chi connectivity index (χ0) is 39.6. The smallest absolute Gasteiger partial charge is 0.266 e. The Balaban J connectivity index is 1.06. The number of anilines is 2. The molecule has 6 aromatic rings. The van der Waals surface area contributed by atoms with Crippen molar-refractivity contribution < 1.29 is 17.6 Å². The first-order valence-corrected chi connectivity index (χ1v) is 20.6. The molecule has 0 spiro atoms. The van der Waals surface area contributed by atoms with Crippen LogP contribution in [0.25, 0.3) is 22.3 Å². The van der Waals surface area contributed by atoms with Crippen LogP contribution in [0.2, 0.25) is 0 Å².